The van der Waals surface area contributed by atoms with Gasteiger partial charge in [-0.15, -0.1) is 23.5 Å². The third kappa shape index (κ3) is 10.7. The average Bonchev–Trinajstić information content (AvgIpc) is 3.79. The first-order valence-corrected chi connectivity index (χ1v) is 23.7. The van der Waals surface area contributed by atoms with E-state index in [0.717, 1.165) is 14.0 Å². The predicted octanol–water partition coefficient (Wildman–Crippen LogP) is 13.9. The number of hydrogen-bond acceptors (Lipinski definition) is 14. The van der Waals surface area contributed by atoms with Crippen molar-refractivity contribution in [3.05, 3.63) is 58.2 Å². The molecule has 4 heterocycles. The number of benzene rings is 1. The Morgan fingerprint density at radius 1 is 0.587 bits per heavy atom. The second kappa shape index (κ2) is 19.1. The number of carbonyl (C=O) groups is 2. The van der Waals surface area contributed by atoms with E-state index in [-0.39, 0.29) is 11.9 Å². The Balaban J connectivity index is 1.19. The van der Waals surface area contributed by atoms with Gasteiger partial charge in [0.2, 0.25) is 0 Å². The van der Waals surface area contributed by atoms with Crippen molar-refractivity contribution in [3.63, 3.8) is 0 Å². The van der Waals surface area contributed by atoms with Crippen LogP contribution in [0.5, 0.6) is 11.5 Å². The molecule has 0 spiro atoms. The second-order valence-corrected chi connectivity index (χ2v) is 22.8. The van der Waals surface area contributed by atoms with Gasteiger partial charge in [0.25, 0.3) is 0 Å². The van der Waals surface area contributed by atoms with E-state index in [9.17, 15) is 9.59 Å². The molecule has 0 saturated carbocycles. The molecule has 0 bridgehead atoms. The summed E-state index contributed by atoms with van der Waals surface area (Å²) in [6, 6.07) is 3.37. The molecule has 4 aliphatic heterocycles. The van der Waals surface area contributed by atoms with Gasteiger partial charge >= 0.3 is 11.9 Å². The van der Waals surface area contributed by atoms with E-state index in [4.69, 9.17) is 9.47 Å². The molecular weight excluding hydrogens is 769 g/mol. The van der Waals surface area contributed by atoms with E-state index >= 15 is 0 Å². The number of hydrogen-bond donors (Lipinski definition) is 0. The molecule has 0 N–H and O–H groups in total. The lowest BCUT2D eigenvalue weighted by molar-refractivity contribution is -0.133. The zero-order chi connectivity index (χ0) is 32.5. The monoisotopic (exact) mass is 804 g/mol. The van der Waals surface area contributed by atoms with E-state index < -0.39 is 0 Å². The summed E-state index contributed by atoms with van der Waals surface area (Å²) in [6.45, 7) is 7.33. The molecular formula is C32H36O4S10. The fourth-order valence-corrected chi connectivity index (χ4v) is 19.1. The summed E-state index contributed by atoms with van der Waals surface area (Å²) in [5, 5.41) is 0. The minimum atomic E-state index is -0.378. The maximum Gasteiger partial charge on any atom is 0.308 e. The third-order valence-corrected chi connectivity index (χ3v) is 20.7. The van der Waals surface area contributed by atoms with Crippen LogP contribution in [0.15, 0.2) is 68.0 Å². The SMILES string of the molecule is CCCCCCSC1=C(SCCCCCC)SC(=C2SC3=C(SC(=CC=C4Sc5c(OC(C)=O)ccc(OC(C)=O)c5S4)S3)S2)S1. The molecule has 0 aliphatic carbocycles. The van der Waals surface area contributed by atoms with Crippen molar-refractivity contribution in [2.75, 3.05) is 11.5 Å². The van der Waals surface area contributed by atoms with Crippen molar-refractivity contribution in [3.8, 4) is 11.5 Å². The van der Waals surface area contributed by atoms with Crippen LogP contribution in [0.1, 0.15) is 79.1 Å². The van der Waals surface area contributed by atoms with Gasteiger partial charge in [-0.3, -0.25) is 9.59 Å². The Hall–Kier alpha value is 0.360. The number of thioether (sulfide) groups is 10. The van der Waals surface area contributed by atoms with Crippen LogP contribution >= 0.6 is 118 Å². The molecule has 5 rings (SSSR count). The smallest absolute Gasteiger partial charge is 0.308 e. The standard InChI is InChI=1S/C32H36O4S10/c1-5-7-9-11-17-37-27-28(38-18-12-10-8-6-2)44-31(43-27)32-45-29-30(46-32)42-24(41-29)16-15-23-39-25-21(35-19(3)33)13-14-22(26(25)40-23)36-20(4)34/h13-16H,5-12,17-18H2,1-4H3. The van der Waals surface area contributed by atoms with Crippen molar-refractivity contribution in [2.45, 2.75) is 88.9 Å². The van der Waals surface area contributed by atoms with Crippen LogP contribution < -0.4 is 9.47 Å². The Bertz CT molecular complexity index is 1400. The van der Waals surface area contributed by atoms with Gasteiger partial charge in [-0.2, -0.15) is 0 Å². The lowest BCUT2D eigenvalue weighted by atomic mass is 10.2. The van der Waals surface area contributed by atoms with Gasteiger partial charge in [0.05, 0.1) is 43.7 Å². The van der Waals surface area contributed by atoms with Crippen molar-refractivity contribution in [1.82, 2.24) is 0 Å². The normalized spacial score (nSPS) is 17.3. The van der Waals surface area contributed by atoms with Gasteiger partial charge in [-0.05, 0) is 48.6 Å². The van der Waals surface area contributed by atoms with Crippen LogP contribution in [0.2, 0.25) is 0 Å². The van der Waals surface area contributed by atoms with Crippen LogP contribution in [-0.2, 0) is 9.59 Å². The van der Waals surface area contributed by atoms with Crippen molar-refractivity contribution >= 4 is 130 Å². The molecule has 1 aromatic rings. The highest BCUT2D eigenvalue weighted by molar-refractivity contribution is 8.49. The van der Waals surface area contributed by atoms with Gasteiger partial charge in [0.1, 0.15) is 11.5 Å². The summed E-state index contributed by atoms with van der Waals surface area (Å²) in [7, 11) is 0. The zero-order valence-electron chi connectivity index (χ0n) is 26.1. The van der Waals surface area contributed by atoms with E-state index in [1.165, 1.54) is 130 Å². The molecule has 4 nitrogen and oxygen atoms in total. The van der Waals surface area contributed by atoms with Crippen LogP contribution in [0.4, 0.5) is 0 Å². The number of ether oxygens (including phenoxy) is 2. The second-order valence-electron chi connectivity index (χ2n) is 10.2. The molecule has 4 aliphatic rings. The molecule has 0 amide bonds. The van der Waals surface area contributed by atoms with Gasteiger partial charge in [-0.25, -0.2) is 0 Å². The summed E-state index contributed by atoms with van der Waals surface area (Å²) in [4.78, 5) is 24.9. The minimum Gasteiger partial charge on any atom is -0.425 e. The Labute approximate surface area is 315 Å². The largest absolute Gasteiger partial charge is 0.425 e. The number of esters is 2. The maximum absolute atomic E-state index is 11.7. The lowest BCUT2D eigenvalue weighted by Crippen LogP contribution is -2.05. The summed E-state index contributed by atoms with van der Waals surface area (Å²) in [5.41, 5.74) is 0. The predicted molar refractivity (Wildman–Crippen MR) is 217 cm³/mol. The third-order valence-electron chi connectivity index (χ3n) is 6.40. The summed E-state index contributed by atoms with van der Waals surface area (Å²) in [6.07, 6.45) is 14.8. The number of allylic oxidation sites excluding steroid dienone is 2. The molecule has 0 saturated heterocycles. The summed E-state index contributed by atoms with van der Waals surface area (Å²) in [5.74, 6) is 2.64. The minimum absolute atomic E-state index is 0.378. The fraction of sp³-hybridized carbons (Fsp3) is 0.438. The first kappa shape index (κ1) is 37.6. The highest BCUT2D eigenvalue weighted by Crippen LogP contribution is 2.71. The van der Waals surface area contributed by atoms with E-state index in [1.54, 1.807) is 12.1 Å². The number of carbonyl (C=O) groups excluding carboxylic acids is 2. The van der Waals surface area contributed by atoms with Crippen LogP contribution in [-0.4, -0.2) is 23.4 Å². The van der Waals surface area contributed by atoms with Crippen LogP contribution in [0, 0.1) is 0 Å². The molecule has 0 aromatic heterocycles. The topological polar surface area (TPSA) is 52.6 Å². The average molecular weight is 805 g/mol. The Morgan fingerprint density at radius 2 is 1.00 bits per heavy atom. The molecule has 14 heteroatoms. The summed E-state index contributed by atoms with van der Waals surface area (Å²) >= 11 is 18.8. The van der Waals surface area contributed by atoms with Crippen molar-refractivity contribution < 1.29 is 19.1 Å². The van der Waals surface area contributed by atoms with Gasteiger partial charge in [0, 0.05) is 13.8 Å². The molecule has 248 valence electrons. The number of rotatable bonds is 15. The lowest BCUT2D eigenvalue weighted by Gasteiger charge is -2.09. The van der Waals surface area contributed by atoms with E-state index in [2.05, 4.69) is 49.5 Å². The molecule has 0 radical (unpaired) electrons. The number of unbranched alkanes of at least 4 members (excludes halogenated alkanes) is 6. The Kier molecular flexibility index (Phi) is 15.6. The number of fused-ring (bicyclic) bond motifs is 1. The van der Waals surface area contributed by atoms with Crippen molar-refractivity contribution in [2.24, 2.45) is 0 Å². The molecule has 0 atom stereocenters. The van der Waals surface area contributed by atoms with E-state index in [0.29, 0.717) is 11.5 Å². The molecule has 0 unspecified atom stereocenters. The molecule has 46 heavy (non-hydrogen) atoms. The van der Waals surface area contributed by atoms with Gasteiger partial charge in [-0.1, -0.05) is 146 Å². The van der Waals surface area contributed by atoms with Crippen LogP contribution in [0.3, 0.4) is 0 Å². The van der Waals surface area contributed by atoms with Gasteiger partial charge < -0.3 is 9.47 Å². The van der Waals surface area contributed by atoms with Crippen LogP contribution in [0.25, 0.3) is 0 Å². The first-order valence-electron chi connectivity index (χ1n) is 15.2. The van der Waals surface area contributed by atoms with Gasteiger partial charge in [0.15, 0.2) is 0 Å². The Morgan fingerprint density at radius 3 is 1.43 bits per heavy atom. The van der Waals surface area contributed by atoms with Crippen molar-refractivity contribution in [1.29, 1.82) is 0 Å². The summed E-state index contributed by atoms with van der Waals surface area (Å²) < 4.78 is 21.8. The van der Waals surface area contributed by atoms with E-state index in [1.807, 2.05) is 70.6 Å². The fourth-order valence-electron chi connectivity index (χ4n) is 4.29. The first-order chi connectivity index (χ1) is 22.3. The highest BCUT2D eigenvalue weighted by atomic mass is 32.3. The molecule has 1 aromatic carbocycles. The highest BCUT2D eigenvalue weighted by Gasteiger charge is 2.35. The maximum atomic E-state index is 11.7. The quantitative estimate of drug-likeness (QED) is 0.0960. The zero-order valence-corrected chi connectivity index (χ0v) is 34.3. The molecule has 0 fully saturated rings.